The Hall–Kier alpha value is -0.530. The lowest BCUT2D eigenvalue weighted by Gasteiger charge is -2.28. The molecule has 0 aromatic rings. The number of carbonyl (C=O) groups is 1. The minimum atomic E-state index is -0.609. The average Bonchev–Trinajstić information content (AvgIpc) is 2.59. The lowest BCUT2D eigenvalue weighted by molar-refractivity contribution is -0.148. The molecule has 1 saturated carbocycles. The van der Waals surface area contributed by atoms with Crippen LogP contribution in [-0.4, -0.2) is 11.1 Å². The molecule has 0 saturated heterocycles. The maximum Gasteiger partial charge on any atom is 0.310 e. The fourth-order valence-electron chi connectivity index (χ4n) is 2.32. The molecule has 1 fully saturated rings. The van der Waals surface area contributed by atoms with Gasteiger partial charge in [0.05, 0.1) is 5.41 Å². The second kappa shape index (κ2) is 2.48. The minimum Gasteiger partial charge on any atom is -0.481 e. The molecule has 0 spiro atoms. The SMILES string of the molecule is CCC1CC1(C(=O)O)C(C)(C)C. The Morgan fingerprint density at radius 3 is 2.17 bits per heavy atom. The molecule has 0 amide bonds. The molecule has 0 aromatic carbocycles. The largest absolute Gasteiger partial charge is 0.481 e. The zero-order chi connectivity index (χ0) is 9.57. The van der Waals surface area contributed by atoms with Gasteiger partial charge in [-0.2, -0.15) is 0 Å². The van der Waals surface area contributed by atoms with E-state index in [4.69, 9.17) is 5.11 Å². The van der Waals surface area contributed by atoms with Gasteiger partial charge in [0.15, 0.2) is 0 Å². The minimum absolute atomic E-state index is 0.0977. The highest BCUT2D eigenvalue weighted by Gasteiger charge is 2.65. The van der Waals surface area contributed by atoms with Gasteiger partial charge in [-0.25, -0.2) is 0 Å². The van der Waals surface area contributed by atoms with Gasteiger partial charge in [0, 0.05) is 0 Å². The van der Waals surface area contributed by atoms with E-state index in [-0.39, 0.29) is 5.41 Å². The summed E-state index contributed by atoms with van der Waals surface area (Å²) in [6.07, 6.45) is 1.85. The number of carboxylic acids is 1. The third-order valence-corrected chi connectivity index (χ3v) is 3.32. The fraction of sp³-hybridized carbons (Fsp3) is 0.900. The van der Waals surface area contributed by atoms with Crippen molar-refractivity contribution in [3.63, 3.8) is 0 Å². The van der Waals surface area contributed by atoms with Crippen LogP contribution >= 0.6 is 0 Å². The quantitative estimate of drug-likeness (QED) is 0.691. The van der Waals surface area contributed by atoms with Crippen molar-refractivity contribution < 1.29 is 9.90 Å². The topological polar surface area (TPSA) is 37.3 Å². The maximum absolute atomic E-state index is 11.1. The van der Waals surface area contributed by atoms with Gasteiger partial charge >= 0.3 is 5.97 Å². The van der Waals surface area contributed by atoms with Crippen molar-refractivity contribution in [2.45, 2.75) is 40.5 Å². The number of aliphatic carboxylic acids is 1. The molecule has 0 aromatic heterocycles. The first kappa shape index (κ1) is 9.56. The zero-order valence-corrected chi connectivity index (χ0v) is 8.35. The van der Waals surface area contributed by atoms with Crippen LogP contribution < -0.4 is 0 Å². The van der Waals surface area contributed by atoms with Crippen LogP contribution in [0, 0.1) is 16.7 Å². The van der Waals surface area contributed by atoms with Crippen molar-refractivity contribution >= 4 is 5.97 Å². The molecule has 1 N–H and O–H groups in total. The van der Waals surface area contributed by atoms with Crippen LogP contribution in [-0.2, 0) is 4.79 Å². The van der Waals surface area contributed by atoms with E-state index in [1.807, 2.05) is 20.8 Å². The van der Waals surface area contributed by atoms with Gasteiger partial charge in [-0.3, -0.25) is 4.79 Å². The van der Waals surface area contributed by atoms with Crippen molar-refractivity contribution in [2.75, 3.05) is 0 Å². The van der Waals surface area contributed by atoms with Crippen LogP contribution in [0.5, 0.6) is 0 Å². The summed E-state index contributed by atoms with van der Waals surface area (Å²) >= 11 is 0. The summed E-state index contributed by atoms with van der Waals surface area (Å²) in [7, 11) is 0. The van der Waals surface area contributed by atoms with Gasteiger partial charge in [0.2, 0.25) is 0 Å². The summed E-state index contributed by atoms with van der Waals surface area (Å²) in [6.45, 7) is 8.14. The van der Waals surface area contributed by atoms with E-state index < -0.39 is 11.4 Å². The molecule has 0 bridgehead atoms. The van der Waals surface area contributed by atoms with Crippen molar-refractivity contribution in [3.8, 4) is 0 Å². The van der Waals surface area contributed by atoms with Crippen molar-refractivity contribution in [1.29, 1.82) is 0 Å². The molecule has 70 valence electrons. The maximum atomic E-state index is 11.1. The van der Waals surface area contributed by atoms with Crippen LogP contribution in [0.25, 0.3) is 0 Å². The first-order chi connectivity index (χ1) is 5.36. The van der Waals surface area contributed by atoms with Crippen molar-refractivity contribution in [1.82, 2.24) is 0 Å². The van der Waals surface area contributed by atoms with Gasteiger partial charge in [0.25, 0.3) is 0 Å². The smallest absolute Gasteiger partial charge is 0.310 e. The summed E-state index contributed by atoms with van der Waals surface area (Å²) in [4.78, 5) is 11.1. The van der Waals surface area contributed by atoms with Crippen molar-refractivity contribution in [3.05, 3.63) is 0 Å². The number of rotatable bonds is 2. The van der Waals surface area contributed by atoms with Gasteiger partial charge in [-0.15, -0.1) is 0 Å². The van der Waals surface area contributed by atoms with Gasteiger partial charge in [-0.05, 0) is 17.8 Å². The Labute approximate surface area is 74.0 Å². The van der Waals surface area contributed by atoms with Crippen molar-refractivity contribution in [2.24, 2.45) is 16.7 Å². The van der Waals surface area contributed by atoms with Crippen LogP contribution in [0.15, 0.2) is 0 Å². The average molecular weight is 170 g/mol. The highest BCUT2D eigenvalue weighted by molar-refractivity contribution is 5.79. The molecule has 1 aliphatic carbocycles. The molecule has 2 atom stereocenters. The van der Waals surface area contributed by atoms with Crippen LogP contribution in [0.2, 0.25) is 0 Å². The van der Waals surface area contributed by atoms with Crippen LogP contribution in [0.1, 0.15) is 40.5 Å². The lowest BCUT2D eigenvalue weighted by atomic mass is 9.75. The molecule has 2 unspecified atom stereocenters. The van der Waals surface area contributed by atoms with Gasteiger partial charge in [0.1, 0.15) is 0 Å². The third-order valence-electron chi connectivity index (χ3n) is 3.32. The van der Waals surface area contributed by atoms with E-state index in [1.54, 1.807) is 0 Å². The Kier molecular flexibility index (Phi) is 1.97. The number of carboxylic acid groups (broad SMARTS) is 1. The molecule has 0 aliphatic heterocycles. The number of hydrogen-bond acceptors (Lipinski definition) is 1. The van der Waals surface area contributed by atoms with Gasteiger partial charge in [-0.1, -0.05) is 34.1 Å². The fourth-order valence-corrected chi connectivity index (χ4v) is 2.32. The zero-order valence-electron chi connectivity index (χ0n) is 8.35. The van der Waals surface area contributed by atoms with E-state index in [0.717, 1.165) is 12.8 Å². The van der Waals surface area contributed by atoms with Crippen LogP contribution in [0.4, 0.5) is 0 Å². The summed E-state index contributed by atoms with van der Waals surface area (Å²) in [5.41, 5.74) is -0.527. The lowest BCUT2D eigenvalue weighted by Crippen LogP contribution is -2.32. The van der Waals surface area contributed by atoms with E-state index in [0.29, 0.717) is 5.92 Å². The standard InChI is InChI=1S/C10H18O2/c1-5-7-6-10(7,8(11)12)9(2,3)4/h7H,5-6H2,1-4H3,(H,11,12). The molecule has 2 nitrogen and oxygen atoms in total. The second-order valence-electron chi connectivity index (χ2n) is 4.84. The monoisotopic (exact) mass is 170 g/mol. The van der Waals surface area contributed by atoms with E-state index in [2.05, 4.69) is 6.92 Å². The molecule has 1 aliphatic rings. The second-order valence-corrected chi connectivity index (χ2v) is 4.84. The normalized spacial score (nSPS) is 34.8. The highest BCUT2D eigenvalue weighted by Crippen LogP contribution is 2.64. The first-order valence-corrected chi connectivity index (χ1v) is 4.59. The summed E-state index contributed by atoms with van der Waals surface area (Å²) < 4.78 is 0. The summed E-state index contributed by atoms with van der Waals surface area (Å²) in [5.74, 6) is -0.211. The van der Waals surface area contributed by atoms with E-state index >= 15 is 0 Å². The molecule has 1 rings (SSSR count). The predicted molar refractivity (Wildman–Crippen MR) is 47.9 cm³/mol. The van der Waals surface area contributed by atoms with Crippen LogP contribution in [0.3, 0.4) is 0 Å². The van der Waals surface area contributed by atoms with E-state index in [1.165, 1.54) is 0 Å². The molecule has 0 heterocycles. The summed E-state index contributed by atoms with van der Waals surface area (Å²) in [6, 6.07) is 0. The molecule has 12 heavy (non-hydrogen) atoms. The number of hydrogen-bond donors (Lipinski definition) is 1. The first-order valence-electron chi connectivity index (χ1n) is 4.59. The molecule has 2 heteroatoms. The Morgan fingerprint density at radius 1 is 1.58 bits per heavy atom. The van der Waals surface area contributed by atoms with Gasteiger partial charge < -0.3 is 5.11 Å². The third kappa shape index (κ3) is 1.05. The predicted octanol–water partition coefficient (Wildman–Crippen LogP) is 2.53. The highest BCUT2D eigenvalue weighted by atomic mass is 16.4. The Morgan fingerprint density at radius 2 is 2.08 bits per heavy atom. The molecular formula is C10H18O2. The Balaban J connectivity index is 2.87. The summed E-state index contributed by atoms with van der Waals surface area (Å²) in [5, 5.41) is 9.14. The molecule has 0 radical (unpaired) electrons. The van der Waals surface area contributed by atoms with E-state index in [9.17, 15) is 4.79 Å². The molecular weight excluding hydrogens is 152 g/mol. The Bertz CT molecular complexity index is 202.